The maximum absolute atomic E-state index is 10.5. The first-order valence-corrected chi connectivity index (χ1v) is 5.88. The van der Waals surface area contributed by atoms with Gasteiger partial charge in [0.1, 0.15) is 4.92 Å². The summed E-state index contributed by atoms with van der Waals surface area (Å²) in [6.07, 6.45) is 1.37. The molecule has 8 nitrogen and oxygen atoms in total. The third kappa shape index (κ3) is 3.16. The molecule has 20 heavy (non-hydrogen) atoms. The first kappa shape index (κ1) is 14.1. The zero-order chi connectivity index (χ0) is 14.7. The summed E-state index contributed by atoms with van der Waals surface area (Å²) in [7, 11) is 0. The van der Waals surface area contributed by atoms with Gasteiger partial charge in [-0.15, -0.1) is 0 Å². The predicted molar refractivity (Wildman–Crippen MR) is 74.0 cm³/mol. The Hall–Kier alpha value is -2.32. The number of aromatic nitrogens is 1. The second-order valence-electron chi connectivity index (χ2n) is 3.49. The van der Waals surface area contributed by atoms with E-state index in [9.17, 15) is 10.1 Å². The van der Waals surface area contributed by atoms with Crippen LogP contribution in [0.5, 0.6) is 0 Å². The van der Waals surface area contributed by atoms with Crippen molar-refractivity contribution in [2.45, 2.75) is 0 Å². The fourth-order valence-corrected chi connectivity index (χ4v) is 1.65. The minimum absolute atomic E-state index is 0.0503. The fraction of sp³-hybridized carbons (Fsp3) is 0. The normalized spacial score (nSPS) is 11.4. The largest absolute Gasteiger partial charge is 0.433 e. The smallest absolute Gasteiger partial charge is 0.397 e. The molecular weight excluding hydrogens is 309 g/mol. The van der Waals surface area contributed by atoms with Crippen molar-refractivity contribution in [1.82, 2.24) is 4.98 Å². The van der Waals surface area contributed by atoms with Crippen LogP contribution in [-0.2, 0) is 0 Å². The Morgan fingerprint density at radius 1 is 1.50 bits per heavy atom. The van der Waals surface area contributed by atoms with Crippen molar-refractivity contribution in [3.05, 3.63) is 50.3 Å². The highest BCUT2D eigenvalue weighted by Crippen LogP contribution is 2.22. The number of halogens is 2. The number of rotatable bonds is 4. The lowest BCUT2D eigenvalue weighted by atomic mass is 10.4. The molecule has 0 radical (unpaired) electrons. The van der Waals surface area contributed by atoms with Crippen LogP contribution in [0, 0.1) is 10.1 Å². The summed E-state index contributed by atoms with van der Waals surface area (Å²) < 4.78 is 4.88. The Bertz CT molecular complexity index is 685. The Kier molecular flexibility index (Phi) is 4.06. The van der Waals surface area contributed by atoms with Gasteiger partial charge in [0.05, 0.1) is 16.1 Å². The Balaban J connectivity index is 2.15. The lowest BCUT2D eigenvalue weighted by Crippen LogP contribution is -2.14. The zero-order valence-electron chi connectivity index (χ0n) is 9.71. The van der Waals surface area contributed by atoms with Gasteiger partial charge in [-0.2, -0.15) is 5.10 Å². The molecule has 3 N–H and O–H groups in total. The highest BCUT2D eigenvalue weighted by molar-refractivity contribution is 6.35. The molecule has 0 fully saturated rings. The molecule has 0 aromatic carbocycles. The van der Waals surface area contributed by atoms with Gasteiger partial charge >= 0.3 is 5.88 Å². The van der Waals surface area contributed by atoms with Gasteiger partial charge in [0, 0.05) is 6.20 Å². The van der Waals surface area contributed by atoms with E-state index in [1.54, 1.807) is 0 Å². The van der Waals surface area contributed by atoms with Crippen LogP contribution in [0.2, 0.25) is 10.0 Å². The van der Waals surface area contributed by atoms with Gasteiger partial charge in [-0.25, -0.2) is 4.98 Å². The average molecular weight is 316 g/mol. The number of amidine groups is 1. The molecule has 2 heterocycles. The van der Waals surface area contributed by atoms with E-state index in [1.807, 2.05) is 0 Å². The number of furan rings is 1. The van der Waals surface area contributed by atoms with E-state index in [-0.39, 0.29) is 22.4 Å². The number of hydrazone groups is 1. The van der Waals surface area contributed by atoms with Crippen LogP contribution < -0.4 is 11.2 Å². The van der Waals surface area contributed by atoms with Crippen molar-refractivity contribution in [3.63, 3.8) is 0 Å². The molecule has 0 aliphatic rings. The van der Waals surface area contributed by atoms with Gasteiger partial charge in [0.25, 0.3) is 0 Å². The number of hydrogen-bond donors (Lipinski definition) is 2. The average Bonchev–Trinajstić information content (AvgIpc) is 2.87. The quantitative estimate of drug-likeness (QED) is 0.387. The van der Waals surface area contributed by atoms with Crippen molar-refractivity contribution >= 4 is 40.7 Å². The van der Waals surface area contributed by atoms with Crippen LogP contribution in [-0.4, -0.2) is 15.7 Å². The SMILES string of the molecule is NC(=NNc1ncc(Cl)cc1Cl)c1ccc([N+](=O)[O-])o1. The molecule has 0 saturated carbocycles. The molecule has 0 amide bonds. The maximum Gasteiger partial charge on any atom is 0.433 e. The molecule has 104 valence electrons. The first-order valence-electron chi connectivity index (χ1n) is 5.12. The van der Waals surface area contributed by atoms with E-state index in [1.165, 1.54) is 24.4 Å². The molecule has 0 spiro atoms. The Morgan fingerprint density at radius 3 is 2.85 bits per heavy atom. The van der Waals surface area contributed by atoms with Gasteiger partial charge in [-0.05, 0) is 12.1 Å². The van der Waals surface area contributed by atoms with E-state index in [0.29, 0.717) is 5.02 Å². The molecule has 2 aromatic heterocycles. The highest BCUT2D eigenvalue weighted by Gasteiger charge is 2.14. The second-order valence-corrected chi connectivity index (χ2v) is 4.33. The van der Waals surface area contributed by atoms with Gasteiger partial charge in [-0.1, -0.05) is 23.2 Å². The summed E-state index contributed by atoms with van der Waals surface area (Å²) in [6, 6.07) is 3.97. The Morgan fingerprint density at radius 2 is 2.25 bits per heavy atom. The van der Waals surface area contributed by atoms with E-state index in [2.05, 4.69) is 15.5 Å². The van der Waals surface area contributed by atoms with Crippen LogP contribution >= 0.6 is 23.2 Å². The standard InChI is InChI=1S/C10H7Cl2N5O3/c11-5-3-6(12)10(14-4-5)16-15-9(13)7-1-2-8(20-7)17(18)19/h1-4H,(H2,13,15)(H,14,16). The minimum atomic E-state index is -0.679. The van der Waals surface area contributed by atoms with Crippen molar-refractivity contribution in [3.8, 4) is 0 Å². The lowest BCUT2D eigenvalue weighted by Gasteiger charge is -2.02. The van der Waals surface area contributed by atoms with Crippen molar-refractivity contribution < 1.29 is 9.34 Å². The van der Waals surface area contributed by atoms with E-state index in [0.717, 1.165) is 0 Å². The summed E-state index contributed by atoms with van der Waals surface area (Å²) in [6.45, 7) is 0. The number of nitro groups is 1. The van der Waals surface area contributed by atoms with Crippen molar-refractivity contribution in [2.75, 3.05) is 5.43 Å². The number of pyridine rings is 1. The summed E-state index contributed by atoms with van der Waals surface area (Å²) in [5, 5.41) is 14.9. The number of nitrogens with two attached hydrogens (primary N) is 1. The van der Waals surface area contributed by atoms with E-state index >= 15 is 0 Å². The molecule has 10 heteroatoms. The summed E-state index contributed by atoms with van der Waals surface area (Å²) in [5.41, 5.74) is 8.12. The summed E-state index contributed by atoms with van der Waals surface area (Å²) in [5.74, 6) is -0.235. The van der Waals surface area contributed by atoms with Crippen LogP contribution in [0.25, 0.3) is 0 Å². The fourth-order valence-electron chi connectivity index (χ4n) is 1.23. The molecule has 0 saturated heterocycles. The summed E-state index contributed by atoms with van der Waals surface area (Å²) >= 11 is 11.6. The molecule has 0 unspecified atom stereocenters. The third-order valence-corrected chi connectivity index (χ3v) is 2.61. The Labute approximate surface area is 122 Å². The topological polar surface area (TPSA) is 120 Å². The first-order chi connectivity index (χ1) is 9.47. The highest BCUT2D eigenvalue weighted by atomic mass is 35.5. The van der Waals surface area contributed by atoms with Crippen LogP contribution in [0.4, 0.5) is 11.7 Å². The number of nitrogens with zero attached hydrogens (tertiary/aromatic N) is 3. The van der Waals surface area contributed by atoms with E-state index < -0.39 is 10.8 Å². The molecule has 0 aliphatic heterocycles. The number of nitrogens with one attached hydrogen (secondary N) is 1. The van der Waals surface area contributed by atoms with Gasteiger partial charge < -0.3 is 10.2 Å². The maximum atomic E-state index is 10.5. The van der Waals surface area contributed by atoms with Crippen LogP contribution in [0.15, 0.2) is 33.9 Å². The summed E-state index contributed by atoms with van der Waals surface area (Å²) in [4.78, 5) is 13.7. The lowest BCUT2D eigenvalue weighted by molar-refractivity contribution is -0.402. The second kappa shape index (κ2) is 5.76. The molecule has 2 rings (SSSR count). The predicted octanol–water partition coefficient (Wildman–Crippen LogP) is 2.62. The van der Waals surface area contributed by atoms with Crippen LogP contribution in [0.3, 0.4) is 0 Å². The van der Waals surface area contributed by atoms with Gasteiger partial charge in [-0.3, -0.25) is 15.5 Å². The van der Waals surface area contributed by atoms with Crippen molar-refractivity contribution in [1.29, 1.82) is 0 Å². The molecular formula is C10H7Cl2N5O3. The van der Waals surface area contributed by atoms with Gasteiger partial charge in [0.2, 0.25) is 0 Å². The zero-order valence-corrected chi connectivity index (χ0v) is 11.2. The third-order valence-electron chi connectivity index (χ3n) is 2.11. The minimum Gasteiger partial charge on any atom is -0.397 e. The van der Waals surface area contributed by atoms with Gasteiger partial charge in [0.15, 0.2) is 17.4 Å². The number of anilines is 1. The molecule has 2 aromatic rings. The monoisotopic (exact) mass is 315 g/mol. The molecule has 0 bridgehead atoms. The number of hydrogen-bond acceptors (Lipinski definition) is 6. The van der Waals surface area contributed by atoms with E-state index in [4.69, 9.17) is 33.4 Å². The molecule has 0 aliphatic carbocycles. The molecule has 0 atom stereocenters. The van der Waals surface area contributed by atoms with Crippen molar-refractivity contribution in [2.24, 2.45) is 10.8 Å². The van der Waals surface area contributed by atoms with Crippen LogP contribution in [0.1, 0.15) is 5.76 Å².